The largest absolute Gasteiger partial charge is 0.480 e. The van der Waals surface area contributed by atoms with Crippen molar-refractivity contribution < 1.29 is 39.3 Å². The van der Waals surface area contributed by atoms with Crippen LogP contribution in [-0.4, -0.2) is 42.5 Å². The normalized spacial score (nSPS) is 12.5. The quantitative estimate of drug-likeness (QED) is 0.434. The van der Waals surface area contributed by atoms with E-state index in [1.165, 1.54) is 0 Å². The summed E-state index contributed by atoms with van der Waals surface area (Å²) in [7, 11) is 0. The van der Waals surface area contributed by atoms with Gasteiger partial charge in [-0.15, -0.1) is 0 Å². The minimum Gasteiger partial charge on any atom is -0.480 e. The first kappa shape index (κ1) is 21.7. The van der Waals surface area contributed by atoms with E-state index in [1.807, 2.05) is 0 Å². The molecule has 15 heavy (non-hydrogen) atoms. The number of hydrogen-bond acceptors (Lipinski definition) is 2. The van der Waals surface area contributed by atoms with Crippen molar-refractivity contribution in [3.05, 3.63) is 0 Å². The Morgan fingerprint density at radius 1 is 0.933 bits per heavy atom. The van der Waals surface area contributed by atoms with Crippen molar-refractivity contribution in [1.29, 1.82) is 0 Å². The Balaban J connectivity index is -0.000000180. The van der Waals surface area contributed by atoms with Crippen LogP contribution in [0.3, 0.4) is 0 Å². The molecule has 0 heterocycles. The molecule has 0 spiro atoms. The Hall–Kier alpha value is 1.48. The molecule has 0 saturated carbocycles. The van der Waals surface area contributed by atoms with E-state index in [0.29, 0.717) is 10.7 Å². The van der Waals surface area contributed by atoms with Crippen molar-refractivity contribution in [2.24, 2.45) is 0 Å². The first-order valence-corrected chi connectivity index (χ1v) is 7.29. The molecule has 2 N–H and O–H groups in total. The van der Waals surface area contributed by atoms with Crippen LogP contribution < -0.4 is 0 Å². The number of carbonyl (C=O) groups is 2. The second-order valence-electron chi connectivity index (χ2n) is 1.92. The van der Waals surface area contributed by atoms with E-state index in [1.54, 1.807) is 0 Å². The topological polar surface area (TPSA) is 74.6 Å². The molecular formula is C6H8Br4O4Zn. The number of carboxylic acid groups (broad SMARTS) is 2. The molecule has 0 amide bonds. The molecule has 0 aliphatic heterocycles. The molecule has 0 bridgehead atoms. The second kappa shape index (κ2) is 13.5. The Morgan fingerprint density at radius 2 is 1.13 bits per heavy atom. The summed E-state index contributed by atoms with van der Waals surface area (Å²) in [5.74, 6) is -1.67. The molecule has 0 aromatic carbocycles. The van der Waals surface area contributed by atoms with Crippen molar-refractivity contribution in [3.8, 4) is 0 Å². The number of hydrogen-bond donors (Lipinski definition) is 2. The van der Waals surface area contributed by atoms with E-state index in [2.05, 4.69) is 63.7 Å². The van der Waals surface area contributed by atoms with Crippen molar-refractivity contribution in [2.75, 3.05) is 10.7 Å². The zero-order valence-corrected chi connectivity index (χ0v) is 16.8. The van der Waals surface area contributed by atoms with E-state index in [-0.39, 0.29) is 19.5 Å². The van der Waals surface area contributed by atoms with Gasteiger partial charge in [0.2, 0.25) is 0 Å². The molecule has 0 rings (SSSR count). The minimum absolute atomic E-state index is 0. The van der Waals surface area contributed by atoms with Crippen molar-refractivity contribution >= 4 is 75.7 Å². The number of halogens is 4. The Labute approximate surface area is 134 Å². The summed E-state index contributed by atoms with van der Waals surface area (Å²) < 4.78 is 0. The Morgan fingerprint density at radius 3 is 1.13 bits per heavy atom. The summed E-state index contributed by atoms with van der Waals surface area (Å²) in [5, 5.41) is 17.1. The minimum atomic E-state index is -0.836. The molecule has 0 fully saturated rings. The molecule has 2 atom stereocenters. The third-order valence-electron chi connectivity index (χ3n) is 0.807. The van der Waals surface area contributed by atoms with Crippen LogP contribution in [0.4, 0.5) is 0 Å². The van der Waals surface area contributed by atoms with Gasteiger partial charge in [0.15, 0.2) is 0 Å². The summed E-state index contributed by atoms with van der Waals surface area (Å²) >= 11 is 11.8. The molecular weight excluding hydrogens is 521 g/mol. The van der Waals surface area contributed by atoms with E-state index in [0.717, 1.165) is 0 Å². The molecule has 86 valence electrons. The van der Waals surface area contributed by atoms with Crippen LogP contribution in [0, 0.1) is 0 Å². The molecule has 2 unspecified atom stereocenters. The zero-order valence-electron chi connectivity index (χ0n) is 7.50. The van der Waals surface area contributed by atoms with Crippen molar-refractivity contribution in [2.45, 2.75) is 9.65 Å². The predicted octanol–water partition coefficient (Wildman–Crippen LogP) is 2.46. The summed E-state index contributed by atoms with van der Waals surface area (Å²) in [6.07, 6.45) is 0. The average Bonchev–Trinajstić information content (AvgIpc) is 2.15. The van der Waals surface area contributed by atoms with Gasteiger partial charge < -0.3 is 10.2 Å². The van der Waals surface area contributed by atoms with Gasteiger partial charge in [-0.1, -0.05) is 63.7 Å². The number of alkyl halides is 4. The van der Waals surface area contributed by atoms with Crippen molar-refractivity contribution in [1.82, 2.24) is 0 Å². The monoisotopic (exact) mass is 524 g/mol. The molecule has 9 heteroatoms. The van der Waals surface area contributed by atoms with Crippen LogP contribution in [0.2, 0.25) is 0 Å². The Kier molecular flexibility index (Phi) is 19.6. The first-order chi connectivity index (χ1) is 6.36. The van der Waals surface area contributed by atoms with E-state index in [9.17, 15) is 9.59 Å². The molecule has 0 aromatic heterocycles. The molecule has 0 aliphatic rings. The van der Waals surface area contributed by atoms with Crippen LogP contribution in [0.15, 0.2) is 0 Å². The third-order valence-corrected chi connectivity index (χ3v) is 5.27. The average molecular weight is 529 g/mol. The number of carboxylic acids is 2. The summed E-state index contributed by atoms with van der Waals surface area (Å²) in [6, 6.07) is 0. The van der Waals surface area contributed by atoms with Gasteiger partial charge in [-0.2, -0.15) is 0 Å². The van der Waals surface area contributed by atoms with Crippen LogP contribution in [0.25, 0.3) is 0 Å². The van der Waals surface area contributed by atoms with Crippen LogP contribution in [-0.2, 0) is 29.1 Å². The van der Waals surface area contributed by atoms with Gasteiger partial charge in [-0.3, -0.25) is 9.59 Å². The molecule has 0 radical (unpaired) electrons. The first-order valence-electron chi connectivity index (χ1n) is 3.22. The van der Waals surface area contributed by atoms with Gasteiger partial charge in [-0.25, -0.2) is 0 Å². The Bertz CT molecular complexity index is 172. The van der Waals surface area contributed by atoms with Crippen molar-refractivity contribution in [3.63, 3.8) is 0 Å². The maximum absolute atomic E-state index is 9.85. The molecule has 4 nitrogen and oxygen atoms in total. The van der Waals surface area contributed by atoms with Crippen LogP contribution >= 0.6 is 63.7 Å². The molecule has 0 aliphatic carbocycles. The fourth-order valence-electron chi connectivity index (χ4n) is 0.132. The SMILES string of the molecule is O=C(O)C(Br)CBr.O=C(O)C(Br)CBr.[Zn]. The smallest absolute Gasteiger partial charge is 0.318 e. The van der Waals surface area contributed by atoms with Gasteiger partial charge in [0.05, 0.1) is 0 Å². The van der Waals surface area contributed by atoms with Gasteiger partial charge in [0, 0.05) is 30.1 Å². The number of rotatable bonds is 4. The van der Waals surface area contributed by atoms with Crippen LogP contribution in [0.1, 0.15) is 0 Å². The second-order valence-corrected chi connectivity index (χ2v) is 5.43. The predicted molar refractivity (Wildman–Crippen MR) is 68.3 cm³/mol. The van der Waals surface area contributed by atoms with E-state index >= 15 is 0 Å². The molecule has 0 saturated heterocycles. The summed E-state index contributed by atoms with van der Waals surface area (Å²) in [4.78, 5) is 18.8. The number of aliphatic carboxylic acids is 2. The van der Waals surface area contributed by atoms with Crippen LogP contribution in [0.5, 0.6) is 0 Å². The molecule has 0 aromatic rings. The van der Waals surface area contributed by atoms with Gasteiger partial charge in [0.1, 0.15) is 9.65 Å². The van der Waals surface area contributed by atoms with E-state index in [4.69, 9.17) is 10.2 Å². The van der Waals surface area contributed by atoms with Gasteiger partial charge in [-0.05, 0) is 0 Å². The van der Waals surface area contributed by atoms with Gasteiger partial charge >= 0.3 is 11.9 Å². The fourth-order valence-corrected chi connectivity index (χ4v) is 0.686. The standard InChI is InChI=1S/2C3H4Br2O2.Zn/c2*4-1-2(5)3(6)7;/h2*2H,1H2,(H,6,7);. The maximum Gasteiger partial charge on any atom is 0.318 e. The van der Waals surface area contributed by atoms with E-state index < -0.39 is 21.6 Å². The van der Waals surface area contributed by atoms with Gasteiger partial charge in [0.25, 0.3) is 0 Å². The zero-order chi connectivity index (χ0) is 11.7. The third kappa shape index (κ3) is 15.5. The summed E-state index contributed by atoms with van der Waals surface area (Å²) in [5.41, 5.74) is 0. The summed E-state index contributed by atoms with van der Waals surface area (Å²) in [6.45, 7) is 0. The fraction of sp³-hybridized carbons (Fsp3) is 0.667. The maximum atomic E-state index is 9.85.